The number of nitrogens with one attached hydrogen (secondary N) is 1. The Labute approximate surface area is 147 Å². The average Bonchev–Trinajstić information content (AvgIpc) is 2.50. The van der Waals surface area contributed by atoms with Crippen molar-refractivity contribution < 1.29 is 0 Å². The molecule has 1 unspecified atom stereocenters. The molecule has 1 N–H and O–H groups in total. The van der Waals surface area contributed by atoms with E-state index in [2.05, 4.69) is 39.1 Å². The maximum absolute atomic E-state index is 3.58. The maximum atomic E-state index is 3.58. The van der Waals surface area contributed by atoms with Gasteiger partial charge >= 0.3 is 0 Å². The number of allylic oxidation sites excluding steroid dienone is 1. The van der Waals surface area contributed by atoms with Crippen molar-refractivity contribution >= 4 is 0 Å². The fourth-order valence-corrected chi connectivity index (χ4v) is 3.21. The third-order valence-electron chi connectivity index (χ3n) is 4.58. The molecule has 0 radical (unpaired) electrons. The van der Waals surface area contributed by atoms with Crippen molar-refractivity contribution in [1.82, 2.24) is 5.32 Å². The van der Waals surface area contributed by atoms with E-state index in [1.54, 1.807) is 0 Å². The van der Waals surface area contributed by atoms with Gasteiger partial charge in [0.25, 0.3) is 0 Å². The van der Waals surface area contributed by atoms with Crippen molar-refractivity contribution in [2.24, 2.45) is 0 Å². The summed E-state index contributed by atoms with van der Waals surface area (Å²) in [6.45, 7) is 10.1. The van der Waals surface area contributed by atoms with E-state index >= 15 is 0 Å². The minimum Gasteiger partial charge on any atom is -0.311 e. The maximum Gasteiger partial charge on any atom is 0.0224 e. The van der Waals surface area contributed by atoms with E-state index in [1.165, 1.54) is 102 Å². The molecule has 1 nitrogen and oxygen atoms in total. The highest BCUT2D eigenvalue weighted by Crippen LogP contribution is 2.12. The number of hydrogen-bond donors (Lipinski definition) is 1. The molecule has 23 heavy (non-hydrogen) atoms. The van der Waals surface area contributed by atoms with E-state index in [1.807, 2.05) is 0 Å². The van der Waals surface area contributed by atoms with Crippen molar-refractivity contribution in [2.75, 3.05) is 6.54 Å². The summed E-state index contributed by atoms with van der Waals surface area (Å²) in [5.41, 5.74) is 1.41. The Morgan fingerprint density at radius 3 is 1.48 bits per heavy atom. The lowest BCUT2D eigenvalue weighted by Crippen LogP contribution is -2.25. The molecule has 0 aliphatic carbocycles. The summed E-state index contributed by atoms with van der Waals surface area (Å²) in [5.74, 6) is 0. The Bertz CT molecular complexity index is 253. The molecule has 0 aliphatic rings. The van der Waals surface area contributed by atoms with Crippen molar-refractivity contribution in [2.45, 2.75) is 124 Å². The SMILES string of the molecule is CCCCCCCCCCCCCCCCNC(C)C=C(C)C. The Balaban J connectivity index is 3.09. The van der Waals surface area contributed by atoms with Gasteiger partial charge < -0.3 is 5.32 Å². The Hall–Kier alpha value is -0.300. The minimum atomic E-state index is 0.530. The largest absolute Gasteiger partial charge is 0.311 e. The summed E-state index contributed by atoms with van der Waals surface area (Å²) in [6.07, 6.45) is 22.4. The molecule has 138 valence electrons. The van der Waals surface area contributed by atoms with Crippen LogP contribution in [0.5, 0.6) is 0 Å². The second-order valence-electron chi connectivity index (χ2n) is 7.58. The first-order valence-corrected chi connectivity index (χ1v) is 10.5. The van der Waals surface area contributed by atoms with Gasteiger partial charge in [0.05, 0.1) is 0 Å². The van der Waals surface area contributed by atoms with Gasteiger partial charge in [0.1, 0.15) is 0 Å². The van der Waals surface area contributed by atoms with Crippen LogP contribution in [-0.4, -0.2) is 12.6 Å². The lowest BCUT2D eigenvalue weighted by Gasteiger charge is -2.10. The Morgan fingerprint density at radius 1 is 0.696 bits per heavy atom. The predicted molar refractivity (Wildman–Crippen MR) is 107 cm³/mol. The van der Waals surface area contributed by atoms with Gasteiger partial charge in [-0.1, -0.05) is 102 Å². The molecular weight excluding hydrogens is 278 g/mol. The van der Waals surface area contributed by atoms with Crippen molar-refractivity contribution in [1.29, 1.82) is 0 Å². The highest BCUT2D eigenvalue weighted by atomic mass is 14.9. The summed E-state index contributed by atoms with van der Waals surface area (Å²) in [6, 6.07) is 0.530. The topological polar surface area (TPSA) is 12.0 Å². The second-order valence-corrected chi connectivity index (χ2v) is 7.58. The van der Waals surface area contributed by atoms with Crippen LogP contribution in [0.1, 0.15) is 118 Å². The van der Waals surface area contributed by atoms with Crippen LogP contribution < -0.4 is 5.32 Å². The molecule has 0 aliphatic heterocycles. The fraction of sp³-hybridized carbons (Fsp3) is 0.909. The van der Waals surface area contributed by atoms with Crippen LogP contribution in [0.15, 0.2) is 11.6 Å². The van der Waals surface area contributed by atoms with E-state index in [0.717, 1.165) is 0 Å². The first-order chi connectivity index (χ1) is 11.2. The van der Waals surface area contributed by atoms with Crippen LogP contribution in [0.4, 0.5) is 0 Å². The lowest BCUT2D eigenvalue weighted by molar-refractivity contribution is 0.525. The molecule has 0 saturated carbocycles. The first-order valence-electron chi connectivity index (χ1n) is 10.5. The van der Waals surface area contributed by atoms with Crippen molar-refractivity contribution in [3.8, 4) is 0 Å². The molecule has 0 aromatic heterocycles. The van der Waals surface area contributed by atoms with E-state index in [9.17, 15) is 0 Å². The monoisotopic (exact) mass is 323 g/mol. The third kappa shape index (κ3) is 19.7. The van der Waals surface area contributed by atoms with Gasteiger partial charge in [-0.05, 0) is 33.7 Å². The minimum absolute atomic E-state index is 0.530. The standard InChI is InChI=1S/C22H45N/c1-5-6-7-8-9-10-11-12-13-14-15-16-17-18-19-23-22(4)20-21(2)3/h20,22-23H,5-19H2,1-4H3. The lowest BCUT2D eigenvalue weighted by atomic mass is 10.0. The molecule has 0 aromatic carbocycles. The normalized spacial score (nSPS) is 12.3. The first kappa shape index (κ1) is 22.7. The van der Waals surface area contributed by atoms with Crippen molar-refractivity contribution in [3.05, 3.63) is 11.6 Å². The predicted octanol–water partition coefficient (Wildman–Crippen LogP) is 7.41. The Kier molecular flexibility index (Phi) is 17.8. The molecule has 0 amide bonds. The fourth-order valence-electron chi connectivity index (χ4n) is 3.21. The number of unbranched alkanes of at least 4 members (excludes halogenated alkanes) is 13. The smallest absolute Gasteiger partial charge is 0.0224 e. The van der Waals surface area contributed by atoms with E-state index < -0.39 is 0 Å². The van der Waals surface area contributed by atoms with Gasteiger partial charge in [-0.2, -0.15) is 0 Å². The highest BCUT2D eigenvalue weighted by Gasteiger charge is 1.97. The molecule has 0 rings (SSSR count). The zero-order valence-corrected chi connectivity index (χ0v) is 16.8. The van der Waals surface area contributed by atoms with Gasteiger partial charge in [-0.15, -0.1) is 0 Å². The number of hydrogen-bond acceptors (Lipinski definition) is 1. The second kappa shape index (κ2) is 18.0. The van der Waals surface area contributed by atoms with Gasteiger partial charge in [0.15, 0.2) is 0 Å². The van der Waals surface area contributed by atoms with Crippen LogP contribution in [0, 0.1) is 0 Å². The summed E-state index contributed by atoms with van der Waals surface area (Å²) < 4.78 is 0. The summed E-state index contributed by atoms with van der Waals surface area (Å²) in [5, 5.41) is 3.58. The molecule has 1 heteroatoms. The van der Waals surface area contributed by atoms with E-state index in [4.69, 9.17) is 0 Å². The zero-order valence-electron chi connectivity index (χ0n) is 16.8. The molecule has 0 bridgehead atoms. The van der Waals surface area contributed by atoms with Crippen LogP contribution in [0.3, 0.4) is 0 Å². The van der Waals surface area contributed by atoms with E-state index in [0.29, 0.717) is 6.04 Å². The van der Waals surface area contributed by atoms with Crippen molar-refractivity contribution in [3.63, 3.8) is 0 Å². The summed E-state index contributed by atoms with van der Waals surface area (Å²) in [7, 11) is 0. The summed E-state index contributed by atoms with van der Waals surface area (Å²) in [4.78, 5) is 0. The molecule has 0 fully saturated rings. The molecule has 0 heterocycles. The Morgan fingerprint density at radius 2 is 1.09 bits per heavy atom. The zero-order chi connectivity index (χ0) is 17.2. The van der Waals surface area contributed by atoms with Gasteiger partial charge in [-0.25, -0.2) is 0 Å². The molecule has 1 atom stereocenters. The van der Waals surface area contributed by atoms with Crippen LogP contribution in [0.2, 0.25) is 0 Å². The van der Waals surface area contributed by atoms with Gasteiger partial charge in [0, 0.05) is 6.04 Å². The van der Waals surface area contributed by atoms with Crippen LogP contribution in [0.25, 0.3) is 0 Å². The molecule has 0 spiro atoms. The quantitative estimate of drug-likeness (QED) is 0.217. The van der Waals surface area contributed by atoms with Gasteiger partial charge in [0.2, 0.25) is 0 Å². The third-order valence-corrected chi connectivity index (χ3v) is 4.58. The van der Waals surface area contributed by atoms with Gasteiger partial charge in [-0.3, -0.25) is 0 Å². The van der Waals surface area contributed by atoms with Crippen LogP contribution >= 0.6 is 0 Å². The average molecular weight is 324 g/mol. The number of rotatable bonds is 17. The van der Waals surface area contributed by atoms with E-state index in [-0.39, 0.29) is 0 Å². The van der Waals surface area contributed by atoms with Crippen LogP contribution in [-0.2, 0) is 0 Å². The highest BCUT2D eigenvalue weighted by molar-refractivity contribution is 4.99. The summed E-state index contributed by atoms with van der Waals surface area (Å²) >= 11 is 0. The molecule has 0 aromatic rings. The molecular formula is C22H45N. The molecule has 0 saturated heterocycles.